The van der Waals surface area contributed by atoms with Gasteiger partial charge in [0.05, 0.1) is 32.4 Å². The summed E-state index contributed by atoms with van der Waals surface area (Å²) in [6.45, 7) is 6.98. The minimum Gasteiger partial charge on any atom is -0.493 e. The van der Waals surface area contributed by atoms with Gasteiger partial charge in [-0.15, -0.1) is 0 Å². The van der Waals surface area contributed by atoms with E-state index in [0.29, 0.717) is 43.2 Å². The van der Waals surface area contributed by atoms with E-state index in [2.05, 4.69) is 41.9 Å². The Morgan fingerprint density at radius 2 is 2.06 bits per heavy atom. The second kappa shape index (κ2) is 9.90. The summed E-state index contributed by atoms with van der Waals surface area (Å²) in [5.74, 6) is 2.39. The number of anilines is 1. The van der Waals surface area contributed by atoms with Crippen molar-refractivity contribution in [3.05, 3.63) is 47.7 Å². The predicted molar refractivity (Wildman–Crippen MR) is 128 cm³/mol. The van der Waals surface area contributed by atoms with Crippen molar-refractivity contribution in [3.8, 4) is 17.6 Å². The van der Waals surface area contributed by atoms with Gasteiger partial charge in [-0.2, -0.15) is 5.26 Å². The summed E-state index contributed by atoms with van der Waals surface area (Å²) in [6.07, 6.45) is 2.69. The molecule has 34 heavy (non-hydrogen) atoms. The number of carbonyl (C=O) groups excluding carboxylic acids is 1. The Hall–Kier alpha value is -3.31. The molecule has 0 saturated carbocycles. The number of likely N-dealkylation sites (tertiary alicyclic amines) is 1. The SMILES string of the molecule is CCC1(C)CN(C(=O)CCO)CC1c1ccc(OC)c(OC2CN(c3ccc(C#N)cn3)C2)c1. The number of ether oxygens (including phenoxy) is 2. The number of carbonyl (C=O) groups is 1. The third-order valence-electron chi connectivity index (χ3n) is 7.22. The van der Waals surface area contributed by atoms with Crippen LogP contribution in [-0.4, -0.2) is 66.9 Å². The van der Waals surface area contributed by atoms with Crippen molar-refractivity contribution >= 4 is 11.7 Å². The molecule has 0 aliphatic carbocycles. The smallest absolute Gasteiger partial charge is 0.224 e. The molecule has 180 valence electrons. The molecule has 2 aliphatic rings. The Labute approximate surface area is 200 Å². The Morgan fingerprint density at radius 3 is 2.68 bits per heavy atom. The van der Waals surface area contributed by atoms with Crippen molar-refractivity contribution in [1.29, 1.82) is 5.26 Å². The molecule has 8 heteroatoms. The summed E-state index contributed by atoms with van der Waals surface area (Å²) >= 11 is 0. The number of rotatable bonds is 8. The second-order valence-electron chi connectivity index (χ2n) is 9.38. The Morgan fingerprint density at radius 1 is 1.26 bits per heavy atom. The number of aliphatic hydroxyl groups excluding tert-OH is 1. The lowest BCUT2D eigenvalue weighted by atomic mass is 9.74. The summed E-state index contributed by atoms with van der Waals surface area (Å²) in [4.78, 5) is 20.8. The van der Waals surface area contributed by atoms with E-state index in [1.54, 1.807) is 19.4 Å². The molecule has 3 heterocycles. The first kappa shape index (κ1) is 23.8. The standard InChI is InChI=1S/C26H32N4O4/c1-4-26(2)17-30(25(32)9-10-31)16-21(26)19-6-7-22(33-3)23(11-19)34-20-14-29(15-20)24-8-5-18(12-27)13-28-24/h5-8,11,13,20-21,31H,4,9-10,14-17H2,1-3H3. The highest BCUT2D eigenvalue weighted by atomic mass is 16.5. The van der Waals surface area contributed by atoms with Crippen LogP contribution in [0.4, 0.5) is 5.82 Å². The fraction of sp³-hybridized carbons (Fsp3) is 0.500. The van der Waals surface area contributed by atoms with Crippen LogP contribution in [0.2, 0.25) is 0 Å². The van der Waals surface area contributed by atoms with Gasteiger partial charge in [0.2, 0.25) is 5.91 Å². The first-order valence-corrected chi connectivity index (χ1v) is 11.7. The van der Waals surface area contributed by atoms with Crippen LogP contribution >= 0.6 is 0 Å². The molecule has 2 atom stereocenters. The van der Waals surface area contributed by atoms with Gasteiger partial charge in [-0.3, -0.25) is 4.79 Å². The summed E-state index contributed by atoms with van der Waals surface area (Å²) in [5.41, 5.74) is 1.62. The van der Waals surface area contributed by atoms with Crippen LogP contribution < -0.4 is 14.4 Å². The van der Waals surface area contributed by atoms with Crippen LogP contribution in [0.25, 0.3) is 0 Å². The molecular formula is C26H32N4O4. The third-order valence-corrected chi connectivity index (χ3v) is 7.22. The highest BCUT2D eigenvalue weighted by Crippen LogP contribution is 2.47. The molecular weight excluding hydrogens is 432 g/mol. The van der Waals surface area contributed by atoms with E-state index < -0.39 is 0 Å². The number of pyridine rings is 1. The molecule has 2 aromatic rings. The van der Waals surface area contributed by atoms with Gasteiger partial charge in [-0.1, -0.05) is 19.9 Å². The Balaban J connectivity index is 1.47. The molecule has 1 aromatic carbocycles. The van der Waals surface area contributed by atoms with Crippen LogP contribution in [-0.2, 0) is 4.79 Å². The molecule has 4 rings (SSSR count). The molecule has 2 aliphatic heterocycles. The maximum absolute atomic E-state index is 12.5. The van der Waals surface area contributed by atoms with E-state index >= 15 is 0 Å². The lowest BCUT2D eigenvalue weighted by molar-refractivity contribution is -0.131. The first-order valence-electron chi connectivity index (χ1n) is 11.7. The van der Waals surface area contributed by atoms with Gasteiger partial charge in [-0.05, 0) is 41.7 Å². The molecule has 2 unspecified atom stereocenters. The Bertz CT molecular complexity index is 1060. The van der Waals surface area contributed by atoms with Crippen molar-refractivity contribution in [2.45, 2.75) is 38.7 Å². The van der Waals surface area contributed by atoms with Gasteiger partial charge in [0.1, 0.15) is 18.0 Å². The number of aromatic nitrogens is 1. The highest BCUT2D eigenvalue weighted by Gasteiger charge is 2.44. The number of hydrogen-bond acceptors (Lipinski definition) is 7. The van der Waals surface area contributed by atoms with Crippen molar-refractivity contribution in [1.82, 2.24) is 9.88 Å². The number of hydrogen-bond donors (Lipinski definition) is 1. The quantitative estimate of drug-likeness (QED) is 0.641. The van der Waals surface area contributed by atoms with E-state index in [1.165, 1.54) is 0 Å². The van der Waals surface area contributed by atoms with E-state index in [-0.39, 0.29) is 36.4 Å². The monoisotopic (exact) mass is 464 g/mol. The highest BCUT2D eigenvalue weighted by molar-refractivity contribution is 5.77. The van der Waals surface area contributed by atoms with E-state index in [0.717, 1.165) is 17.8 Å². The molecule has 2 saturated heterocycles. The van der Waals surface area contributed by atoms with E-state index in [1.807, 2.05) is 17.0 Å². The van der Waals surface area contributed by atoms with Crippen molar-refractivity contribution < 1.29 is 19.4 Å². The lowest BCUT2D eigenvalue weighted by Crippen LogP contribution is -2.54. The summed E-state index contributed by atoms with van der Waals surface area (Å²) in [6, 6.07) is 11.8. The van der Waals surface area contributed by atoms with Gasteiger partial charge in [-0.25, -0.2) is 4.98 Å². The summed E-state index contributed by atoms with van der Waals surface area (Å²) < 4.78 is 11.9. The van der Waals surface area contributed by atoms with Gasteiger partial charge < -0.3 is 24.4 Å². The zero-order valence-corrected chi connectivity index (χ0v) is 20.0. The average Bonchev–Trinajstić information content (AvgIpc) is 3.19. The van der Waals surface area contributed by atoms with Gasteiger partial charge >= 0.3 is 0 Å². The number of methoxy groups -OCH3 is 1. The molecule has 1 aromatic heterocycles. The molecule has 0 spiro atoms. The minimum atomic E-state index is -0.125. The van der Waals surface area contributed by atoms with Crippen molar-refractivity contribution in [2.24, 2.45) is 5.41 Å². The fourth-order valence-electron chi connectivity index (χ4n) is 4.88. The predicted octanol–water partition coefficient (Wildman–Crippen LogP) is 2.95. The van der Waals surface area contributed by atoms with Crippen LogP contribution in [0, 0.1) is 16.7 Å². The van der Waals surface area contributed by atoms with Crippen LogP contribution in [0.15, 0.2) is 36.5 Å². The van der Waals surface area contributed by atoms with Crippen LogP contribution in [0.5, 0.6) is 11.5 Å². The van der Waals surface area contributed by atoms with E-state index in [9.17, 15) is 9.90 Å². The number of benzene rings is 1. The molecule has 0 bridgehead atoms. The maximum Gasteiger partial charge on any atom is 0.224 e. The second-order valence-corrected chi connectivity index (χ2v) is 9.38. The topological polar surface area (TPSA) is 98.9 Å². The largest absolute Gasteiger partial charge is 0.493 e. The third kappa shape index (κ3) is 4.66. The number of nitriles is 1. The summed E-state index contributed by atoms with van der Waals surface area (Å²) in [7, 11) is 1.64. The van der Waals surface area contributed by atoms with E-state index in [4.69, 9.17) is 14.7 Å². The fourth-order valence-corrected chi connectivity index (χ4v) is 4.88. The Kier molecular flexibility index (Phi) is 6.94. The van der Waals surface area contributed by atoms with Crippen molar-refractivity contribution in [2.75, 3.05) is 44.8 Å². The normalized spacial score (nSPS) is 22.3. The molecule has 1 amide bonds. The van der Waals surface area contributed by atoms with Crippen molar-refractivity contribution in [3.63, 3.8) is 0 Å². The van der Waals surface area contributed by atoms with Crippen LogP contribution in [0.1, 0.15) is 43.7 Å². The van der Waals surface area contributed by atoms with Gasteiger partial charge in [0.25, 0.3) is 0 Å². The first-order chi connectivity index (χ1) is 16.4. The molecule has 0 radical (unpaired) electrons. The maximum atomic E-state index is 12.5. The lowest BCUT2D eigenvalue weighted by Gasteiger charge is -2.40. The molecule has 2 fully saturated rings. The number of amides is 1. The zero-order chi connectivity index (χ0) is 24.3. The minimum absolute atomic E-state index is 0.000585. The van der Waals surface area contributed by atoms with Gasteiger partial charge in [0, 0.05) is 31.6 Å². The van der Waals surface area contributed by atoms with Gasteiger partial charge in [0.15, 0.2) is 11.5 Å². The molecule has 8 nitrogen and oxygen atoms in total. The zero-order valence-electron chi connectivity index (χ0n) is 20.0. The number of nitrogens with zero attached hydrogens (tertiary/aromatic N) is 4. The average molecular weight is 465 g/mol. The molecule has 1 N–H and O–H groups in total. The number of aliphatic hydroxyl groups is 1. The summed E-state index contributed by atoms with van der Waals surface area (Å²) in [5, 5.41) is 18.1. The van der Waals surface area contributed by atoms with Crippen LogP contribution in [0.3, 0.4) is 0 Å².